The smallest absolute Gasteiger partial charge is 0.325 e. The van der Waals surface area contributed by atoms with Gasteiger partial charge in [0.25, 0.3) is 0 Å². The number of amides is 1. The molecule has 0 bridgehead atoms. The zero-order chi connectivity index (χ0) is 17.3. The molecule has 3 rings (SSSR count). The van der Waals surface area contributed by atoms with E-state index in [9.17, 15) is 18.0 Å². The number of carbonyl (C=O) groups is 1. The first-order valence-electron chi connectivity index (χ1n) is 7.34. The molecule has 1 saturated carbocycles. The van der Waals surface area contributed by atoms with Gasteiger partial charge in [-0.3, -0.25) is 4.79 Å². The van der Waals surface area contributed by atoms with Crippen molar-refractivity contribution < 1.29 is 18.0 Å². The van der Waals surface area contributed by atoms with Crippen molar-refractivity contribution in [3.8, 4) is 0 Å². The van der Waals surface area contributed by atoms with Crippen LogP contribution in [0.1, 0.15) is 30.1 Å². The largest absolute Gasteiger partial charge is 0.418 e. The van der Waals surface area contributed by atoms with E-state index in [2.05, 4.69) is 15.5 Å². The van der Waals surface area contributed by atoms with Gasteiger partial charge in [-0.05, 0) is 25.0 Å². The van der Waals surface area contributed by atoms with Crippen molar-refractivity contribution in [2.45, 2.75) is 30.1 Å². The molecule has 1 aliphatic rings. The van der Waals surface area contributed by atoms with Crippen LogP contribution in [0.4, 0.5) is 18.9 Å². The number of hydrogen-bond donors (Lipinski definition) is 1. The van der Waals surface area contributed by atoms with Crippen molar-refractivity contribution >= 4 is 23.4 Å². The molecule has 1 aromatic heterocycles. The van der Waals surface area contributed by atoms with E-state index < -0.39 is 17.6 Å². The van der Waals surface area contributed by atoms with Gasteiger partial charge in [0, 0.05) is 13.0 Å². The van der Waals surface area contributed by atoms with E-state index in [1.807, 2.05) is 11.6 Å². The molecular formula is C15H15F3N4OS. The normalized spacial score (nSPS) is 14.7. The molecule has 128 valence electrons. The van der Waals surface area contributed by atoms with Gasteiger partial charge in [-0.1, -0.05) is 23.9 Å². The number of anilines is 1. The highest BCUT2D eigenvalue weighted by Crippen LogP contribution is 2.39. The van der Waals surface area contributed by atoms with Gasteiger partial charge >= 0.3 is 6.18 Å². The van der Waals surface area contributed by atoms with E-state index in [1.165, 1.54) is 18.2 Å². The highest BCUT2D eigenvalue weighted by molar-refractivity contribution is 7.99. The Morgan fingerprint density at radius 3 is 2.71 bits per heavy atom. The minimum atomic E-state index is -4.51. The summed E-state index contributed by atoms with van der Waals surface area (Å²) >= 11 is 1.15. The van der Waals surface area contributed by atoms with Gasteiger partial charge in [-0.25, -0.2) is 0 Å². The van der Waals surface area contributed by atoms with Gasteiger partial charge in [-0.15, -0.1) is 10.2 Å². The Balaban J connectivity index is 1.62. The molecule has 1 amide bonds. The van der Waals surface area contributed by atoms with Crippen molar-refractivity contribution in [3.05, 3.63) is 35.7 Å². The number of benzene rings is 1. The summed E-state index contributed by atoms with van der Waals surface area (Å²) in [5.74, 6) is 0.764. The second-order valence-corrected chi connectivity index (χ2v) is 6.50. The fraction of sp³-hybridized carbons (Fsp3) is 0.400. The minimum absolute atomic E-state index is 0.0389. The molecule has 0 atom stereocenters. The number of carbonyl (C=O) groups excluding carboxylic acids is 1. The van der Waals surface area contributed by atoms with Crippen LogP contribution in [0.5, 0.6) is 0 Å². The summed E-state index contributed by atoms with van der Waals surface area (Å²) < 4.78 is 40.6. The first kappa shape index (κ1) is 16.8. The third-order valence-corrected chi connectivity index (χ3v) is 4.67. The van der Waals surface area contributed by atoms with Crippen LogP contribution in [0.2, 0.25) is 0 Å². The van der Waals surface area contributed by atoms with E-state index in [4.69, 9.17) is 0 Å². The highest BCUT2D eigenvalue weighted by atomic mass is 32.2. The summed E-state index contributed by atoms with van der Waals surface area (Å²) in [6.07, 6.45) is -2.34. The maximum Gasteiger partial charge on any atom is 0.418 e. The van der Waals surface area contributed by atoms with Crippen molar-refractivity contribution in [2.75, 3.05) is 11.1 Å². The second-order valence-electron chi connectivity index (χ2n) is 5.55. The minimum Gasteiger partial charge on any atom is -0.325 e. The summed E-state index contributed by atoms with van der Waals surface area (Å²) in [7, 11) is 1.83. The average molecular weight is 356 g/mol. The standard InChI is InChI=1S/C15H15F3N4OS/c1-22-13(9-6-7-9)20-21-14(22)24-8-12(23)19-11-5-3-2-4-10(11)15(16,17)18/h2-5,9H,6-8H2,1H3,(H,19,23). The number of nitrogens with one attached hydrogen (secondary N) is 1. The maximum atomic E-state index is 12.9. The Morgan fingerprint density at radius 2 is 2.04 bits per heavy atom. The van der Waals surface area contributed by atoms with Gasteiger partial charge in [0.15, 0.2) is 5.16 Å². The zero-order valence-corrected chi connectivity index (χ0v) is 13.6. The van der Waals surface area contributed by atoms with Crippen LogP contribution < -0.4 is 5.32 Å². The molecule has 5 nitrogen and oxygen atoms in total. The maximum absolute atomic E-state index is 12.9. The molecule has 0 spiro atoms. The summed E-state index contributed by atoms with van der Waals surface area (Å²) in [4.78, 5) is 12.0. The number of alkyl halides is 3. The monoisotopic (exact) mass is 356 g/mol. The molecule has 0 aliphatic heterocycles. The topological polar surface area (TPSA) is 59.8 Å². The lowest BCUT2D eigenvalue weighted by atomic mass is 10.1. The molecule has 2 aromatic rings. The average Bonchev–Trinajstić information content (AvgIpc) is 3.29. The quantitative estimate of drug-likeness (QED) is 0.834. The molecular weight excluding hydrogens is 341 g/mol. The number of hydrogen-bond acceptors (Lipinski definition) is 4. The molecule has 1 N–H and O–H groups in total. The number of aromatic nitrogens is 3. The Labute approximate surface area is 140 Å². The summed E-state index contributed by atoms with van der Waals surface area (Å²) in [5.41, 5.74) is -1.11. The van der Waals surface area contributed by atoms with E-state index in [1.54, 1.807) is 0 Å². The number of thioether (sulfide) groups is 1. The first-order valence-corrected chi connectivity index (χ1v) is 8.33. The fourth-order valence-corrected chi connectivity index (χ4v) is 3.02. The van der Waals surface area contributed by atoms with Gasteiger partial charge < -0.3 is 9.88 Å². The molecule has 9 heteroatoms. The SMILES string of the molecule is Cn1c(SCC(=O)Nc2ccccc2C(F)(F)F)nnc1C1CC1. The molecule has 0 saturated heterocycles. The fourth-order valence-electron chi connectivity index (χ4n) is 2.30. The van der Waals surface area contributed by atoms with Crippen molar-refractivity contribution in [2.24, 2.45) is 7.05 Å². The lowest BCUT2D eigenvalue weighted by Crippen LogP contribution is -2.18. The van der Waals surface area contributed by atoms with Crippen LogP contribution in [0, 0.1) is 0 Å². The number of rotatable bonds is 5. The molecule has 1 aromatic carbocycles. The molecule has 0 unspecified atom stereocenters. The van der Waals surface area contributed by atoms with Crippen LogP contribution >= 0.6 is 11.8 Å². The van der Waals surface area contributed by atoms with E-state index in [-0.39, 0.29) is 11.4 Å². The molecule has 1 aliphatic carbocycles. The predicted molar refractivity (Wildman–Crippen MR) is 83.8 cm³/mol. The first-order chi connectivity index (χ1) is 11.4. The number of para-hydroxylation sites is 1. The third-order valence-electron chi connectivity index (χ3n) is 3.65. The van der Waals surface area contributed by atoms with Gasteiger partial charge in [0.1, 0.15) is 5.82 Å². The van der Waals surface area contributed by atoms with Crippen molar-refractivity contribution in [3.63, 3.8) is 0 Å². The Bertz CT molecular complexity index is 755. The molecule has 24 heavy (non-hydrogen) atoms. The van der Waals surface area contributed by atoms with Gasteiger partial charge in [0.05, 0.1) is 17.0 Å². The number of halogens is 3. The zero-order valence-electron chi connectivity index (χ0n) is 12.8. The lowest BCUT2D eigenvalue weighted by molar-refractivity contribution is -0.137. The molecule has 1 fully saturated rings. The Hall–Kier alpha value is -2.03. The third kappa shape index (κ3) is 3.72. The summed E-state index contributed by atoms with van der Waals surface area (Å²) in [5, 5.41) is 11.0. The van der Waals surface area contributed by atoms with Crippen LogP contribution in [0.25, 0.3) is 0 Å². The van der Waals surface area contributed by atoms with Crippen molar-refractivity contribution in [1.29, 1.82) is 0 Å². The number of nitrogens with zero attached hydrogens (tertiary/aromatic N) is 3. The van der Waals surface area contributed by atoms with Crippen molar-refractivity contribution in [1.82, 2.24) is 14.8 Å². The van der Waals surface area contributed by atoms with Crippen LogP contribution in [0.3, 0.4) is 0 Å². The van der Waals surface area contributed by atoms with E-state index in [0.29, 0.717) is 11.1 Å². The Morgan fingerprint density at radius 1 is 1.33 bits per heavy atom. The van der Waals surface area contributed by atoms with Crippen LogP contribution in [-0.2, 0) is 18.0 Å². The highest BCUT2D eigenvalue weighted by Gasteiger charge is 2.33. The van der Waals surface area contributed by atoms with E-state index in [0.717, 1.165) is 36.5 Å². The van der Waals surface area contributed by atoms with Crippen LogP contribution in [0.15, 0.2) is 29.4 Å². The van der Waals surface area contributed by atoms with Gasteiger partial charge in [-0.2, -0.15) is 13.2 Å². The molecule has 1 heterocycles. The lowest BCUT2D eigenvalue weighted by Gasteiger charge is -2.13. The van der Waals surface area contributed by atoms with Crippen LogP contribution in [-0.4, -0.2) is 26.4 Å². The summed E-state index contributed by atoms with van der Waals surface area (Å²) in [6, 6.07) is 4.90. The summed E-state index contributed by atoms with van der Waals surface area (Å²) in [6.45, 7) is 0. The van der Waals surface area contributed by atoms with Gasteiger partial charge in [0.2, 0.25) is 5.91 Å². The van der Waals surface area contributed by atoms with E-state index >= 15 is 0 Å². The second kappa shape index (κ2) is 6.46. The molecule has 0 radical (unpaired) electrons. The predicted octanol–water partition coefficient (Wildman–Crippen LogP) is 3.44. The Kier molecular flexibility index (Phi) is 4.53.